The molecule has 4 nitrogen and oxygen atoms in total. The fourth-order valence-corrected chi connectivity index (χ4v) is 2.66. The number of hydrogen-bond acceptors (Lipinski definition) is 4. The number of thioether (sulfide) groups is 1. The van der Waals surface area contributed by atoms with Crippen LogP contribution in [0.15, 0.2) is 53.4 Å². The summed E-state index contributed by atoms with van der Waals surface area (Å²) in [5.41, 5.74) is 2.29. The first-order valence-corrected chi connectivity index (χ1v) is 8.80. The van der Waals surface area contributed by atoms with Gasteiger partial charge in [0.05, 0.1) is 0 Å². The average molecular weight is 330 g/mol. The minimum Gasteiger partial charge on any atom is -0.484 e. The molecule has 0 aliphatic rings. The van der Waals surface area contributed by atoms with Crippen LogP contribution in [0.4, 0.5) is 5.69 Å². The molecule has 122 valence electrons. The van der Waals surface area contributed by atoms with Gasteiger partial charge in [0.25, 0.3) is 5.91 Å². The highest BCUT2D eigenvalue weighted by atomic mass is 32.2. The summed E-state index contributed by atoms with van der Waals surface area (Å²) in [6.07, 6.45) is 2.07. The van der Waals surface area contributed by atoms with E-state index in [1.807, 2.05) is 43.3 Å². The number of nitrogens with one attached hydrogen (secondary N) is 2. The van der Waals surface area contributed by atoms with Gasteiger partial charge in [-0.25, -0.2) is 0 Å². The van der Waals surface area contributed by atoms with Gasteiger partial charge in [-0.1, -0.05) is 24.3 Å². The lowest BCUT2D eigenvalue weighted by Crippen LogP contribution is -2.28. The Balaban J connectivity index is 1.86. The molecule has 0 atom stereocenters. The Bertz CT molecular complexity index is 629. The molecule has 0 bridgehead atoms. The van der Waals surface area contributed by atoms with Crippen LogP contribution in [0.3, 0.4) is 0 Å². The molecule has 0 saturated carbocycles. The second-order valence-electron chi connectivity index (χ2n) is 4.94. The quantitative estimate of drug-likeness (QED) is 0.727. The fraction of sp³-hybridized carbons (Fsp3) is 0.278. The summed E-state index contributed by atoms with van der Waals surface area (Å²) in [6.45, 7) is 3.29. The van der Waals surface area contributed by atoms with Crippen molar-refractivity contribution in [2.45, 2.75) is 18.4 Å². The first kappa shape index (κ1) is 17.2. The molecular formula is C18H22N2O2S. The monoisotopic (exact) mass is 330 g/mol. The number of rotatable bonds is 8. The van der Waals surface area contributed by atoms with E-state index in [0.29, 0.717) is 12.3 Å². The van der Waals surface area contributed by atoms with E-state index in [2.05, 4.69) is 29.0 Å². The van der Waals surface area contributed by atoms with Crippen molar-refractivity contribution >= 4 is 23.4 Å². The van der Waals surface area contributed by atoms with Crippen LogP contribution in [0, 0.1) is 0 Å². The Kier molecular flexibility index (Phi) is 6.81. The van der Waals surface area contributed by atoms with Gasteiger partial charge in [0.2, 0.25) is 0 Å². The van der Waals surface area contributed by atoms with Crippen molar-refractivity contribution in [1.29, 1.82) is 0 Å². The minimum absolute atomic E-state index is 0.0481. The summed E-state index contributed by atoms with van der Waals surface area (Å²) in [6, 6.07) is 16.0. The molecule has 2 N–H and O–H groups in total. The van der Waals surface area contributed by atoms with Gasteiger partial charge >= 0.3 is 0 Å². The molecule has 0 fully saturated rings. The summed E-state index contributed by atoms with van der Waals surface area (Å²) in [4.78, 5) is 12.6. The van der Waals surface area contributed by atoms with Crippen molar-refractivity contribution in [2.24, 2.45) is 0 Å². The second kappa shape index (κ2) is 9.10. The molecule has 0 aliphatic carbocycles. The van der Waals surface area contributed by atoms with Crippen LogP contribution in [0.5, 0.6) is 5.75 Å². The maximum Gasteiger partial charge on any atom is 0.257 e. The van der Waals surface area contributed by atoms with Gasteiger partial charge in [0.15, 0.2) is 6.61 Å². The third-order valence-electron chi connectivity index (χ3n) is 3.26. The van der Waals surface area contributed by atoms with Gasteiger partial charge in [-0.15, -0.1) is 11.8 Å². The van der Waals surface area contributed by atoms with Gasteiger partial charge in [0, 0.05) is 23.7 Å². The maximum atomic E-state index is 11.4. The maximum absolute atomic E-state index is 11.4. The molecule has 5 heteroatoms. The summed E-state index contributed by atoms with van der Waals surface area (Å²) in [7, 11) is 0. The topological polar surface area (TPSA) is 50.4 Å². The smallest absolute Gasteiger partial charge is 0.257 e. The van der Waals surface area contributed by atoms with Crippen LogP contribution in [0.25, 0.3) is 0 Å². The largest absolute Gasteiger partial charge is 0.484 e. The Hall–Kier alpha value is -2.14. The van der Waals surface area contributed by atoms with Gasteiger partial charge in [-0.3, -0.25) is 4.79 Å². The Morgan fingerprint density at radius 1 is 1.13 bits per heavy atom. The molecule has 23 heavy (non-hydrogen) atoms. The predicted octanol–water partition coefficient (Wildman–Crippen LogP) is 3.54. The van der Waals surface area contributed by atoms with Crippen LogP contribution >= 0.6 is 11.8 Å². The summed E-state index contributed by atoms with van der Waals surface area (Å²) < 4.78 is 5.44. The van der Waals surface area contributed by atoms with Crippen molar-refractivity contribution < 1.29 is 9.53 Å². The van der Waals surface area contributed by atoms with Crippen LogP contribution in [0.2, 0.25) is 0 Å². The van der Waals surface area contributed by atoms with E-state index in [4.69, 9.17) is 4.74 Å². The number of benzene rings is 2. The molecule has 2 aromatic carbocycles. The highest BCUT2D eigenvalue weighted by Crippen LogP contribution is 2.25. The average Bonchev–Trinajstić information content (AvgIpc) is 2.59. The number of para-hydroxylation sites is 1. The first-order chi connectivity index (χ1) is 11.2. The van der Waals surface area contributed by atoms with E-state index in [-0.39, 0.29) is 12.5 Å². The summed E-state index contributed by atoms with van der Waals surface area (Å²) >= 11 is 1.73. The van der Waals surface area contributed by atoms with E-state index < -0.39 is 0 Å². The van der Waals surface area contributed by atoms with Crippen LogP contribution in [-0.2, 0) is 11.3 Å². The number of carbonyl (C=O) groups is 1. The van der Waals surface area contributed by atoms with Crippen molar-refractivity contribution in [1.82, 2.24) is 5.32 Å². The Morgan fingerprint density at radius 2 is 1.87 bits per heavy atom. The molecule has 2 rings (SSSR count). The van der Waals surface area contributed by atoms with E-state index in [1.54, 1.807) is 11.8 Å². The Labute approximate surface area is 141 Å². The number of likely N-dealkylation sites (N-methyl/N-ethyl adjacent to an activating group) is 1. The van der Waals surface area contributed by atoms with Crippen molar-refractivity contribution in [3.8, 4) is 5.75 Å². The third-order valence-corrected chi connectivity index (χ3v) is 4.05. The first-order valence-electron chi connectivity index (χ1n) is 7.58. The molecule has 0 spiro atoms. The fourth-order valence-electron chi connectivity index (χ4n) is 2.09. The molecule has 2 aromatic rings. The highest BCUT2D eigenvalue weighted by molar-refractivity contribution is 7.98. The summed E-state index contributed by atoms with van der Waals surface area (Å²) in [5.74, 6) is 0.594. The minimum atomic E-state index is -0.105. The van der Waals surface area contributed by atoms with Gasteiger partial charge in [-0.2, -0.15) is 0 Å². The molecule has 0 aliphatic heterocycles. The molecule has 0 aromatic heterocycles. The highest BCUT2D eigenvalue weighted by Gasteiger charge is 2.02. The van der Waals surface area contributed by atoms with Crippen LogP contribution in [-0.4, -0.2) is 25.3 Å². The van der Waals surface area contributed by atoms with E-state index in [9.17, 15) is 4.79 Å². The molecule has 0 heterocycles. The second-order valence-corrected chi connectivity index (χ2v) is 5.79. The number of carbonyl (C=O) groups excluding carboxylic acids is 1. The van der Waals surface area contributed by atoms with Gasteiger partial charge < -0.3 is 15.4 Å². The number of anilines is 1. The lowest BCUT2D eigenvalue weighted by molar-refractivity contribution is -0.122. The molecule has 0 radical (unpaired) electrons. The molecule has 0 unspecified atom stereocenters. The van der Waals surface area contributed by atoms with Crippen molar-refractivity contribution in [3.05, 3.63) is 54.1 Å². The zero-order valence-electron chi connectivity index (χ0n) is 13.5. The van der Waals surface area contributed by atoms with Crippen LogP contribution < -0.4 is 15.4 Å². The molecule has 1 amide bonds. The van der Waals surface area contributed by atoms with Crippen molar-refractivity contribution in [2.75, 3.05) is 24.7 Å². The zero-order chi connectivity index (χ0) is 16.5. The molecule has 0 saturated heterocycles. The number of amides is 1. The lowest BCUT2D eigenvalue weighted by Gasteiger charge is -2.11. The standard InChI is InChI=1S/C18H22N2O2S/c1-3-19-18(21)13-22-15-10-8-14(9-11-15)12-20-16-6-4-5-7-17(16)23-2/h4-11,20H,3,12-13H2,1-2H3,(H,19,21). The van der Waals surface area contributed by atoms with Gasteiger partial charge in [0.1, 0.15) is 5.75 Å². The Morgan fingerprint density at radius 3 is 2.57 bits per heavy atom. The number of ether oxygens (including phenoxy) is 1. The van der Waals surface area contributed by atoms with E-state index in [0.717, 1.165) is 17.8 Å². The third kappa shape index (κ3) is 5.53. The predicted molar refractivity (Wildman–Crippen MR) is 96.2 cm³/mol. The van der Waals surface area contributed by atoms with E-state index >= 15 is 0 Å². The van der Waals surface area contributed by atoms with Gasteiger partial charge in [-0.05, 0) is 43.0 Å². The SMILES string of the molecule is CCNC(=O)COc1ccc(CNc2ccccc2SC)cc1. The van der Waals surface area contributed by atoms with Crippen LogP contribution in [0.1, 0.15) is 12.5 Å². The molecular weight excluding hydrogens is 308 g/mol. The van der Waals surface area contributed by atoms with Crippen molar-refractivity contribution in [3.63, 3.8) is 0 Å². The number of hydrogen-bond donors (Lipinski definition) is 2. The van der Waals surface area contributed by atoms with E-state index in [1.165, 1.54) is 4.90 Å². The summed E-state index contributed by atoms with van der Waals surface area (Å²) in [5, 5.41) is 6.14. The normalized spacial score (nSPS) is 10.2. The lowest BCUT2D eigenvalue weighted by atomic mass is 10.2. The zero-order valence-corrected chi connectivity index (χ0v) is 14.3.